The summed E-state index contributed by atoms with van der Waals surface area (Å²) in [4.78, 5) is 24.5. The molecular formula is C27H20Cl2N2O6S. The fraction of sp³-hybridized carbons (Fsp3) is 0.0370. The standard InChI is InChI=1S/C27H20Cl2N2O6S/c1-36-24-16-20(12-15-25(24)38(34,35)21-13-6-17(28)7-14-21)37-19-10-8-18(9-11-19)30-27(33)31-26(32)22-4-2-3-5-23(22)29/h2-16H,1H3,(H2,30,31,32,33). The summed E-state index contributed by atoms with van der Waals surface area (Å²) in [6, 6.07) is 22.2. The molecular weight excluding hydrogens is 551 g/mol. The summed E-state index contributed by atoms with van der Waals surface area (Å²) < 4.78 is 37.2. The second-order valence-electron chi connectivity index (χ2n) is 7.78. The van der Waals surface area contributed by atoms with Gasteiger partial charge in [0.25, 0.3) is 5.91 Å². The third kappa shape index (κ3) is 6.25. The average Bonchev–Trinajstić information content (AvgIpc) is 2.90. The predicted molar refractivity (Wildman–Crippen MR) is 144 cm³/mol. The molecule has 38 heavy (non-hydrogen) atoms. The summed E-state index contributed by atoms with van der Waals surface area (Å²) in [6.45, 7) is 0. The molecule has 0 radical (unpaired) electrons. The van der Waals surface area contributed by atoms with E-state index in [9.17, 15) is 18.0 Å². The molecule has 3 amide bonds. The van der Waals surface area contributed by atoms with Crippen molar-refractivity contribution in [3.63, 3.8) is 0 Å². The van der Waals surface area contributed by atoms with E-state index in [0.717, 1.165) is 0 Å². The number of methoxy groups -OCH3 is 1. The topological polar surface area (TPSA) is 111 Å². The first kappa shape index (κ1) is 27.0. The van der Waals surface area contributed by atoms with E-state index in [1.807, 2.05) is 0 Å². The minimum absolute atomic E-state index is 0.0217. The maximum Gasteiger partial charge on any atom is 0.326 e. The molecule has 8 nitrogen and oxygen atoms in total. The van der Waals surface area contributed by atoms with E-state index in [0.29, 0.717) is 22.2 Å². The maximum atomic E-state index is 13.1. The summed E-state index contributed by atoms with van der Waals surface area (Å²) >= 11 is 11.9. The Morgan fingerprint density at radius 1 is 0.816 bits per heavy atom. The van der Waals surface area contributed by atoms with Crippen LogP contribution in [0.15, 0.2) is 101 Å². The highest BCUT2D eigenvalue weighted by Gasteiger charge is 2.23. The summed E-state index contributed by atoms with van der Waals surface area (Å²) in [5.41, 5.74) is 0.583. The molecule has 0 aliphatic rings. The zero-order valence-electron chi connectivity index (χ0n) is 19.8. The molecule has 11 heteroatoms. The Balaban J connectivity index is 1.42. The molecule has 0 unspecified atom stereocenters. The number of ether oxygens (including phenoxy) is 2. The van der Waals surface area contributed by atoms with Gasteiger partial charge in [0.05, 0.1) is 22.6 Å². The molecule has 4 rings (SSSR count). The lowest BCUT2D eigenvalue weighted by atomic mass is 10.2. The second kappa shape index (κ2) is 11.6. The van der Waals surface area contributed by atoms with Crippen molar-refractivity contribution in [1.29, 1.82) is 0 Å². The number of sulfone groups is 1. The Kier molecular flexibility index (Phi) is 8.21. The molecule has 2 N–H and O–H groups in total. The number of nitrogens with one attached hydrogen (secondary N) is 2. The van der Waals surface area contributed by atoms with Crippen LogP contribution in [0.1, 0.15) is 10.4 Å². The lowest BCUT2D eigenvalue weighted by Crippen LogP contribution is -2.34. The number of carbonyl (C=O) groups is 2. The SMILES string of the molecule is COc1cc(Oc2ccc(NC(=O)NC(=O)c3ccccc3Cl)cc2)ccc1S(=O)(=O)c1ccc(Cl)cc1. The van der Waals surface area contributed by atoms with Gasteiger partial charge in [0.1, 0.15) is 22.1 Å². The van der Waals surface area contributed by atoms with Crippen LogP contribution in [-0.2, 0) is 9.84 Å². The molecule has 194 valence electrons. The Morgan fingerprint density at radius 2 is 1.47 bits per heavy atom. The van der Waals surface area contributed by atoms with Gasteiger partial charge in [-0.3, -0.25) is 10.1 Å². The van der Waals surface area contributed by atoms with Gasteiger partial charge < -0.3 is 14.8 Å². The third-order valence-electron chi connectivity index (χ3n) is 5.24. The van der Waals surface area contributed by atoms with E-state index < -0.39 is 21.8 Å². The van der Waals surface area contributed by atoms with Crippen molar-refractivity contribution in [1.82, 2.24) is 5.32 Å². The molecule has 0 heterocycles. The van der Waals surface area contributed by atoms with Gasteiger partial charge in [-0.05, 0) is 72.8 Å². The van der Waals surface area contributed by atoms with Crippen LogP contribution < -0.4 is 20.1 Å². The number of urea groups is 1. The fourth-order valence-electron chi connectivity index (χ4n) is 3.39. The number of benzene rings is 4. The summed E-state index contributed by atoms with van der Waals surface area (Å²) in [5.74, 6) is 0.221. The lowest BCUT2D eigenvalue weighted by molar-refractivity contribution is 0.0967. The van der Waals surface area contributed by atoms with Crippen LogP contribution >= 0.6 is 23.2 Å². The minimum Gasteiger partial charge on any atom is -0.495 e. The van der Waals surface area contributed by atoms with Crippen molar-refractivity contribution >= 4 is 50.7 Å². The van der Waals surface area contributed by atoms with Crippen LogP contribution in [0.4, 0.5) is 10.5 Å². The van der Waals surface area contributed by atoms with Crippen molar-refractivity contribution in [3.8, 4) is 17.2 Å². The smallest absolute Gasteiger partial charge is 0.326 e. The molecule has 0 spiro atoms. The lowest BCUT2D eigenvalue weighted by Gasteiger charge is -2.13. The highest BCUT2D eigenvalue weighted by molar-refractivity contribution is 7.91. The van der Waals surface area contributed by atoms with E-state index in [2.05, 4.69) is 10.6 Å². The largest absolute Gasteiger partial charge is 0.495 e. The monoisotopic (exact) mass is 570 g/mol. The Morgan fingerprint density at radius 3 is 2.13 bits per heavy atom. The van der Waals surface area contributed by atoms with Crippen LogP contribution in [-0.4, -0.2) is 27.5 Å². The molecule has 0 bridgehead atoms. The first-order valence-electron chi connectivity index (χ1n) is 11.0. The van der Waals surface area contributed by atoms with Crippen LogP contribution in [0.2, 0.25) is 10.0 Å². The van der Waals surface area contributed by atoms with Crippen LogP contribution in [0.5, 0.6) is 17.2 Å². The number of amides is 3. The molecule has 0 aromatic heterocycles. The maximum absolute atomic E-state index is 13.1. The van der Waals surface area contributed by atoms with Gasteiger partial charge in [-0.15, -0.1) is 0 Å². The van der Waals surface area contributed by atoms with E-state index in [1.54, 1.807) is 42.5 Å². The van der Waals surface area contributed by atoms with Gasteiger partial charge in [-0.1, -0.05) is 35.3 Å². The first-order valence-corrected chi connectivity index (χ1v) is 13.2. The average molecular weight is 571 g/mol. The van der Waals surface area contributed by atoms with Crippen LogP contribution in [0.25, 0.3) is 0 Å². The number of carbonyl (C=O) groups excluding carboxylic acids is 2. The number of rotatable bonds is 7. The molecule has 0 saturated heterocycles. The highest BCUT2D eigenvalue weighted by Crippen LogP contribution is 2.34. The molecule has 0 saturated carbocycles. The summed E-state index contributed by atoms with van der Waals surface area (Å²) in [6.07, 6.45) is 0. The second-order valence-corrected chi connectivity index (χ2v) is 10.5. The van der Waals surface area contributed by atoms with Crippen molar-refractivity contribution in [2.24, 2.45) is 0 Å². The third-order valence-corrected chi connectivity index (χ3v) is 7.63. The van der Waals surface area contributed by atoms with E-state index >= 15 is 0 Å². The van der Waals surface area contributed by atoms with Crippen molar-refractivity contribution in [2.45, 2.75) is 9.79 Å². The van der Waals surface area contributed by atoms with E-state index in [4.69, 9.17) is 32.7 Å². The van der Waals surface area contributed by atoms with Crippen molar-refractivity contribution in [2.75, 3.05) is 12.4 Å². The predicted octanol–water partition coefficient (Wildman–Crippen LogP) is 6.59. The number of halogens is 2. The number of hydrogen-bond acceptors (Lipinski definition) is 6. The Bertz CT molecular complexity index is 1590. The highest BCUT2D eigenvalue weighted by atomic mass is 35.5. The molecule has 0 aliphatic heterocycles. The van der Waals surface area contributed by atoms with E-state index in [-0.39, 0.29) is 26.1 Å². The summed E-state index contributed by atoms with van der Waals surface area (Å²) in [7, 11) is -2.49. The van der Waals surface area contributed by atoms with Crippen molar-refractivity contribution in [3.05, 3.63) is 107 Å². The zero-order valence-corrected chi connectivity index (χ0v) is 22.1. The molecule has 0 aliphatic carbocycles. The summed E-state index contributed by atoms with van der Waals surface area (Å²) in [5, 5.41) is 5.41. The van der Waals surface area contributed by atoms with Gasteiger partial charge >= 0.3 is 6.03 Å². The molecule has 0 atom stereocenters. The zero-order chi connectivity index (χ0) is 27.3. The van der Waals surface area contributed by atoms with Crippen LogP contribution in [0, 0.1) is 0 Å². The van der Waals surface area contributed by atoms with Gasteiger partial charge in [-0.2, -0.15) is 0 Å². The number of hydrogen-bond donors (Lipinski definition) is 2. The fourth-order valence-corrected chi connectivity index (χ4v) is 5.14. The van der Waals surface area contributed by atoms with Crippen molar-refractivity contribution < 1.29 is 27.5 Å². The van der Waals surface area contributed by atoms with Gasteiger partial charge in [-0.25, -0.2) is 13.2 Å². The van der Waals surface area contributed by atoms with Crippen LogP contribution in [0.3, 0.4) is 0 Å². The molecule has 4 aromatic carbocycles. The van der Waals surface area contributed by atoms with Gasteiger partial charge in [0, 0.05) is 16.8 Å². The Hall–Kier alpha value is -4.05. The quantitative estimate of drug-likeness (QED) is 0.259. The van der Waals surface area contributed by atoms with Gasteiger partial charge in [0.15, 0.2) is 0 Å². The first-order chi connectivity index (χ1) is 18.2. The normalized spacial score (nSPS) is 10.9. The minimum atomic E-state index is -3.85. The Labute approximate surface area is 229 Å². The molecule has 4 aromatic rings. The van der Waals surface area contributed by atoms with Gasteiger partial charge in [0.2, 0.25) is 9.84 Å². The number of anilines is 1. The van der Waals surface area contributed by atoms with E-state index in [1.165, 1.54) is 55.6 Å². The number of imide groups is 1. The molecule has 0 fully saturated rings.